The molecule has 1 aromatic rings. The average Bonchev–Trinajstić information content (AvgIpc) is 1.72. The molecule has 0 spiro atoms. The van der Waals surface area contributed by atoms with Gasteiger partial charge in [-0.25, -0.2) is 4.79 Å². The summed E-state index contributed by atoms with van der Waals surface area (Å²) in [6.45, 7) is 9.81. The van der Waals surface area contributed by atoms with Crippen LogP contribution in [0.15, 0.2) is 30.3 Å². The fourth-order valence-corrected chi connectivity index (χ4v) is 13.7. The fraction of sp³-hybridized carbons (Fsp3) is 0.654. The third-order valence-electron chi connectivity index (χ3n) is 20.2. The molecule has 125 heavy (non-hydrogen) atoms. The summed E-state index contributed by atoms with van der Waals surface area (Å²) >= 11 is 0. The van der Waals surface area contributed by atoms with Gasteiger partial charge in [-0.1, -0.05) is 71.9 Å². The van der Waals surface area contributed by atoms with Gasteiger partial charge in [-0.3, -0.25) is 97.1 Å². The second-order valence-corrected chi connectivity index (χ2v) is 31.9. The summed E-state index contributed by atoms with van der Waals surface area (Å²) in [6, 6.07) is -15.4. The number of nitrogens with two attached hydrogens (primary N) is 5. The number of hydrogen-bond acceptors (Lipinski definition) is 24. The van der Waals surface area contributed by atoms with Crippen LogP contribution in [0, 0.1) is 28.6 Å². The Bertz CT molecular complexity index is 3930. The predicted octanol–water partition coefficient (Wildman–Crippen LogP) is -7.06. The van der Waals surface area contributed by atoms with Crippen molar-refractivity contribution in [2.45, 2.75) is 268 Å². The van der Waals surface area contributed by atoms with Crippen molar-refractivity contribution < 1.29 is 117 Å². The highest BCUT2D eigenvalue weighted by molar-refractivity contribution is 6.02. The zero-order valence-electron chi connectivity index (χ0n) is 71.4. The maximum atomic E-state index is 14.9. The molecule has 0 radical (unpaired) electrons. The van der Waals surface area contributed by atoms with Crippen LogP contribution in [-0.2, 0) is 97.5 Å². The van der Waals surface area contributed by atoms with Gasteiger partial charge in [-0.15, -0.1) is 0 Å². The van der Waals surface area contributed by atoms with E-state index in [2.05, 4.69) is 74.4 Å². The molecule has 3 rings (SSSR count). The molecule has 1 aromatic carbocycles. The van der Waals surface area contributed by atoms with Crippen LogP contribution in [0.5, 0.6) is 0 Å². The average molecular weight is 1770 g/mol. The molecule has 47 nitrogen and oxygen atoms in total. The Kier molecular flexibility index (Phi) is 46.3. The number of nitrogens with zero attached hydrogens (tertiary/aromatic N) is 2. The van der Waals surface area contributed by atoms with Gasteiger partial charge in [-0.2, -0.15) is 0 Å². The minimum Gasteiger partial charge on any atom is -0.481 e. The quantitative estimate of drug-likeness (QED) is 0.0164. The number of primary amides is 1. The number of amides is 15. The number of aliphatic hydroxyl groups is 1. The lowest BCUT2D eigenvalue weighted by molar-refractivity contribution is -0.150. The molecular formula is C78H127N23O24. The lowest BCUT2D eigenvalue weighted by atomic mass is 9.99. The van der Waals surface area contributed by atoms with Crippen LogP contribution in [-0.4, -0.2) is 290 Å². The maximum Gasteiger partial charge on any atom is 0.326 e. The molecule has 47 heteroatoms. The summed E-state index contributed by atoms with van der Waals surface area (Å²) in [5.41, 5.74) is 28.2. The number of carbonyl (C=O) groups is 19. The van der Waals surface area contributed by atoms with Crippen LogP contribution < -0.4 is 103 Å². The number of carbonyl (C=O) groups excluding carboxylic acids is 15. The second-order valence-electron chi connectivity index (χ2n) is 31.9. The lowest BCUT2D eigenvalue weighted by Gasteiger charge is -2.30. The summed E-state index contributed by atoms with van der Waals surface area (Å²) in [5, 5.41) is 99.7. The van der Waals surface area contributed by atoms with Crippen molar-refractivity contribution in [1.82, 2.24) is 84.2 Å². The van der Waals surface area contributed by atoms with Crippen LogP contribution in [0.1, 0.15) is 176 Å². The first kappa shape index (κ1) is 107. The second kappa shape index (κ2) is 54.2. The Hall–Kier alpha value is -12.4. The molecule has 698 valence electrons. The Morgan fingerprint density at radius 2 is 0.824 bits per heavy atom. The van der Waals surface area contributed by atoms with Crippen LogP contribution in [0.4, 0.5) is 0 Å². The maximum absolute atomic E-state index is 14.9. The van der Waals surface area contributed by atoms with Crippen LogP contribution in [0.25, 0.3) is 0 Å². The first-order valence-electron chi connectivity index (χ1n) is 41.5. The summed E-state index contributed by atoms with van der Waals surface area (Å²) in [6.07, 6.45) is -4.59. The molecule has 2 aliphatic rings. The molecule has 0 saturated carbocycles. The molecule has 2 heterocycles. The van der Waals surface area contributed by atoms with Gasteiger partial charge in [0.05, 0.1) is 25.5 Å². The Morgan fingerprint density at radius 1 is 0.432 bits per heavy atom. The number of carboxylic acids is 4. The molecule has 0 aliphatic carbocycles. The molecule has 0 bridgehead atoms. The number of nitrogens with one attached hydrogen (secondary N) is 16. The van der Waals surface area contributed by atoms with E-state index in [4.69, 9.17) is 39.5 Å². The molecule has 2 fully saturated rings. The molecule has 15 atom stereocenters. The van der Waals surface area contributed by atoms with Gasteiger partial charge in [0, 0.05) is 45.4 Å². The molecule has 2 saturated heterocycles. The molecular weight excluding hydrogens is 1640 g/mol. The number of carboxylic acid groups (broad SMARTS) is 4. The number of guanidine groups is 2. The van der Waals surface area contributed by atoms with Crippen molar-refractivity contribution in [3.05, 3.63) is 35.9 Å². The molecule has 2 aliphatic heterocycles. The van der Waals surface area contributed by atoms with Crippen LogP contribution in [0.3, 0.4) is 0 Å². The third kappa shape index (κ3) is 38.5. The van der Waals surface area contributed by atoms with E-state index in [0.29, 0.717) is 12.0 Å². The minimum absolute atomic E-state index is 0.000138. The SMILES string of the molecule is CC(C)C[C@H](NC(=O)[C@H](CCC(=O)O)NC(=O)[C@H](CCCCN)NC(=O)[C@H](Cc1ccccc1)NC(=O)[C@@H]1CCCN1C(=O)[C@H](CC(=O)O)NC(=O)[C@H](C)NC(=O)[C@H](CCCNC(=N)N)NC(=O)[C@@H](NC(=O)[C@@H](N)CC(N)=O)C(C)C)C(=O)N[C@@H](CCCNC(=N)N)C(=O)N[C@@H](CC(C)C)C(=O)N[C@@H](CCC(=O)O)C(=O)N[C@@H](CO)C(=O)N1CCC[C@H]1C(=O)O. The number of rotatable bonds is 57. The number of benzene rings is 1. The van der Waals surface area contributed by atoms with Crippen molar-refractivity contribution in [2.75, 3.05) is 39.3 Å². The van der Waals surface area contributed by atoms with E-state index in [1.54, 1.807) is 71.9 Å². The van der Waals surface area contributed by atoms with Crippen LogP contribution in [0.2, 0.25) is 0 Å². The summed E-state index contributed by atoms with van der Waals surface area (Å²) < 4.78 is 0. The fourth-order valence-electron chi connectivity index (χ4n) is 13.7. The number of aliphatic hydroxyl groups excluding tert-OH is 1. The molecule has 0 aromatic heterocycles. The first-order chi connectivity index (χ1) is 58.8. The normalized spacial score (nSPS) is 16.7. The van der Waals surface area contributed by atoms with E-state index in [0.717, 1.165) is 9.80 Å². The zero-order chi connectivity index (χ0) is 94.1. The van der Waals surface area contributed by atoms with Gasteiger partial charge >= 0.3 is 23.9 Å². The van der Waals surface area contributed by atoms with Crippen molar-refractivity contribution in [1.29, 1.82) is 10.8 Å². The molecule has 15 amide bonds. The highest BCUT2D eigenvalue weighted by Crippen LogP contribution is 2.23. The highest BCUT2D eigenvalue weighted by Gasteiger charge is 2.44. The topological polar surface area (TPSA) is 778 Å². The summed E-state index contributed by atoms with van der Waals surface area (Å²) in [4.78, 5) is 261. The lowest BCUT2D eigenvalue weighted by Crippen LogP contribution is -2.61. The highest BCUT2D eigenvalue weighted by atomic mass is 16.4. The van der Waals surface area contributed by atoms with Gasteiger partial charge in [0.1, 0.15) is 84.6 Å². The van der Waals surface area contributed by atoms with Gasteiger partial charge in [-0.05, 0) is 133 Å². The largest absolute Gasteiger partial charge is 0.481 e. The zero-order valence-corrected chi connectivity index (χ0v) is 71.4. The van der Waals surface area contributed by atoms with Gasteiger partial charge in [0.2, 0.25) is 88.6 Å². The van der Waals surface area contributed by atoms with Gasteiger partial charge in [0.25, 0.3) is 0 Å². The smallest absolute Gasteiger partial charge is 0.326 e. The number of hydrogen-bond donors (Lipinski definition) is 26. The Morgan fingerprint density at radius 3 is 1.24 bits per heavy atom. The molecule has 0 unspecified atom stereocenters. The summed E-state index contributed by atoms with van der Waals surface area (Å²) in [7, 11) is 0. The van der Waals surface area contributed by atoms with Crippen LogP contribution >= 0.6 is 0 Å². The minimum atomic E-state index is -1.90. The van der Waals surface area contributed by atoms with E-state index in [9.17, 15) is 117 Å². The number of aliphatic carboxylic acids is 4. The van der Waals surface area contributed by atoms with Crippen molar-refractivity contribution in [3.8, 4) is 0 Å². The van der Waals surface area contributed by atoms with Gasteiger partial charge < -0.3 is 138 Å². The van der Waals surface area contributed by atoms with E-state index < -0.39 is 278 Å². The van der Waals surface area contributed by atoms with E-state index in [1.807, 2.05) is 0 Å². The number of unbranched alkanes of at least 4 members (excludes halogenated alkanes) is 1. The van der Waals surface area contributed by atoms with Crippen molar-refractivity contribution in [3.63, 3.8) is 0 Å². The first-order valence-corrected chi connectivity index (χ1v) is 41.5. The monoisotopic (exact) mass is 1770 g/mol. The van der Waals surface area contributed by atoms with Gasteiger partial charge in [0.15, 0.2) is 11.9 Å². The summed E-state index contributed by atoms with van der Waals surface area (Å²) in [5.74, 6) is -23.3. The van der Waals surface area contributed by atoms with E-state index >= 15 is 0 Å². The Labute approximate surface area is 722 Å². The van der Waals surface area contributed by atoms with E-state index in [-0.39, 0.29) is 116 Å². The van der Waals surface area contributed by atoms with Crippen molar-refractivity contribution >= 4 is 124 Å². The standard InChI is InChI=1S/C78H127N23O24/c1-39(2)33-50(69(117)90-47(21-14-30-87-78(84)85)66(114)94-51(34-40(3)4)70(118)92-49(25-27-59(106)107)68(116)98-54(38-102)75(123)101-32-16-23-56(101)76(124)125)95-67(115)48(24-26-58(104)105)91-65(113)45(19-11-12-28-79)89-71(119)52(35-43-17-9-8-10-18-43)96-72(120)55-22-15-31-100(55)74(122)53(37-60(108)109)97-62(110)42(7)88-64(112)46(20-13-29-86-77(82)83)93-73(121)61(41(5)6)99-63(111)44(80)36-57(81)103/h8-10,17-18,39-42,44-56,61,102H,11-16,19-38,79-80H2,1-7H3,(H2,81,103)(H,88,112)(H,89,119)(H,90,117)(H,91,113)(H,92,118)(H,93,121)(H,94,114)(H,95,115)(H,96,120)(H,97,110)(H,98,116)(H,99,111)(H,104,105)(H,106,107)(H,108,109)(H,124,125)(H4,82,83,86)(H4,84,85,87)/t42-,44-,45-,46-,47-,48-,49-,50-,51-,52-,53-,54-,55-,56-,61-/m0/s1. The Balaban J connectivity index is 1.98. The third-order valence-corrected chi connectivity index (χ3v) is 20.2. The van der Waals surface area contributed by atoms with Crippen molar-refractivity contribution in [2.24, 2.45) is 46.4 Å². The number of likely N-dealkylation sites (tertiary alicyclic amines) is 2. The molecule has 31 N–H and O–H groups in total. The predicted molar refractivity (Wildman–Crippen MR) is 446 cm³/mol. The van der Waals surface area contributed by atoms with E-state index in [1.165, 1.54) is 6.92 Å².